The first-order valence-electron chi connectivity index (χ1n) is 3.15. The van der Waals surface area contributed by atoms with Gasteiger partial charge < -0.3 is 0 Å². The summed E-state index contributed by atoms with van der Waals surface area (Å²) >= 11 is 0. The lowest BCUT2D eigenvalue weighted by atomic mass is 10.3. The zero-order valence-corrected chi connectivity index (χ0v) is 6.13. The van der Waals surface area contributed by atoms with Crippen LogP contribution in [0.2, 0.25) is 0 Å². The van der Waals surface area contributed by atoms with E-state index in [1.54, 1.807) is 7.05 Å². The molecular weight excluding hydrogens is 116 g/mol. The van der Waals surface area contributed by atoms with Gasteiger partial charge >= 0.3 is 0 Å². The van der Waals surface area contributed by atoms with E-state index >= 15 is 0 Å². The molecule has 9 heavy (non-hydrogen) atoms. The quantitative estimate of drug-likeness (QED) is 0.478. The van der Waals surface area contributed by atoms with Crippen LogP contribution in [0.4, 0.5) is 0 Å². The van der Waals surface area contributed by atoms with E-state index < -0.39 is 0 Å². The number of hydrogen-bond acceptors (Lipinski definition) is 2. The van der Waals surface area contributed by atoms with Gasteiger partial charge in [-0.25, -0.2) is 10.2 Å². The van der Waals surface area contributed by atoms with Crippen LogP contribution in [0.15, 0.2) is 4.99 Å². The van der Waals surface area contributed by atoms with Crippen molar-refractivity contribution >= 4 is 5.84 Å². The van der Waals surface area contributed by atoms with Crippen LogP contribution in [0.5, 0.6) is 0 Å². The largest absolute Gasteiger partial charge is 0.230 e. The van der Waals surface area contributed by atoms with Crippen LogP contribution >= 0.6 is 0 Å². The molecule has 2 atom stereocenters. The van der Waals surface area contributed by atoms with Gasteiger partial charge in [-0.1, -0.05) is 0 Å². The monoisotopic (exact) mass is 129 g/mol. The predicted molar refractivity (Wildman–Crippen MR) is 35.4 cm³/mol. The molecule has 52 valence electrons. The minimum absolute atomic E-state index is 0.0278. The molecule has 0 fully saturated rings. The van der Waals surface area contributed by atoms with Gasteiger partial charge in [0, 0.05) is 6.92 Å². The van der Waals surface area contributed by atoms with Crippen molar-refractivity contribution in [1.82, 2.24) is 0 Å². The Morgan fingerprint density at radius 2 is 2.33 bits per heavy atom. The molecule has 0 aromatic carbocycles. The van der Waals surface area contributed by atoms with Crippen LogP contribution in [-0.2, 0) is 0 Å². The number of nitrogens with zero attached hydrogens (tertiary/aromatic N) is 2. The second-order valence-electron chi connectivity index (χ2n) is 2.76. The number of hydroxylamine groups is 3. The van der Waals surface area contributed by atoms with Crippen LogP contribution in [0.3, 0.4) is 0 Å². The summed E-state index contributed by atoms with van der Waals surface area (Å²) in [6.07, 6.45) is 0. The van der Waals surface area contributed by atoms with E-state index in [2.05, 4.69) is 4.99 Å². The Kier molecular flexibility index (Phi) is 1.33. The van der Waals surface area contributed by atoms with Crippen molar-refractivity contribution in [2.75, 3.05) is 13.6 Å². The summed E-state index contributed by atoms with van der Waals surface area (Å²) in [6.45, 7) is 4.59. The second-order valence-corrected chi connectivity index (χ2v) is 2.76. The minimum atomic E-state index is -0.0278. The van der Waals surface area contributed by atoms with Crippen molar-refractivity contribution < 1.29 is 9.85 Å². The third-order valence-corrected chi connectivity index (χ3v) is 2.10. The molecule has 1 aliphatic heterocycles. The SMILES string of the molecule is CC1=NCC(C)[N@+]1(C)O. The van der Waals surface area contributed by atoms with E-state index in [-0.39, 0.29) is 10.7 Å². The van der Waals surface area contributed by atoms with Gasteiger partial charge in [-0.3, -0.25) is 0 Å². The summed E-state index contributed by atoms with van der Waals surface area (Å²) in [7, 11) is 1.76. The summed E-state index contributed by atoms with van der Waals surface area (Å²) in [5.74, 6) is 0.808. The molecule has 0 saturated heterocycles. The molecule has 0 radical (unpaired) electrons. The van der Waals surface area contributed by atoms with Gasteiger partial charge in [0.05, 0.1) is 6.54 Å². The topological polar surface area (TPSA) is 32.6 Å². The smallest absolute Gasteiger partial charge is 0.227 e. The summed E-state index contributed by atoms with van der Waals surface area (Å²) < 4.78 is -0.0278. The molecule has 0 aromatic rings. The van der Waals surface area contributed by atoms with Crippen molar-refractivity contribution in [2.24, 2.45) is 4.99 Å². The average Bonchev–Trinajstić information content (AvgIpc) is 1.96. The van der Waals surface area contributed by atoms with E-state index in [1.165, 1.54) is 0 Å². The van der Waals surface area contributed by atoms with Crippen LogP contribution in [0, 0.1) is 0 Å². The van der Waals surface area contributed by atoms with E-state index in [0.29, 0.717) is 0 Å². The molecule has 0 spiro atoms. The summed E-state index contributed by atoms with van der Waals surface area (Å²) in [6, 6.07) is 0.227. The molecular formula is C6H13N2O+. The Morgan fingerprint density at radius 3 is 2.44 bits per heavy atom. The van der Waals surface area contributed by atoms with Crippen molar-refractivity contribution in [3.05, 3.63) is 0 Å². The molecule has 1 heterocycles. The average molecular weight is 129 g/mol. The number of rotatable bonds is 0. The highest BCUT2D eigenvalue weighted by molar-refractivity contribution is 5.73. The van der Waals surface area contributed by atoms with Crippen molar-refractivity contribution in [1.29, 1.82) is 0 Å². The van der Waals surface area contributed by atoms with Crippen LogP contribution in [0.1, 0.15) is 13.8 Å². The summed E-state index contributed by atoms with van der Waals surface area (Å²) in [5.41, 5.74) is 0. The van der Waals surface area contributed by atoms with Crippen molar-refractivity contribution in [3.63, 3.8) is 0 Å². The fourth-order valence-electron chi connectivity index (χ4n) is 0.885. The highest BCUT2D eigenvalue weighted by Crippen LogP contribution is 2.14. The van der Waals surface area contributed by atoms with Crippen LogP contribution < -0.4 is 0 Å². The highest BCUT2D eigenvalue weighted by atomic mass is 16.5. The number of amidine groups is 1. The van der Waals surface area contributed by atoms with Crippen LogP contribution in [0.25, 0.3) is 0 Å². The molecule has 0 saturated carbocycles. The van der Waals surface area contributed by atoms with Gasteiger partial charge in [-0.2, -0.15) is 0 Å². The molecule has 1 unspecified atom stereocenters. The maximum absolute atomic E-state index is 9.54. The summed E-state index contributed by atoms with van der Waals surface area (Å²) in [5, 5.41) is 9.54. The normalized spacial score (nSPS) is 43.1. The fraction of sp³-hybridized carbons (Fsp3) is 0.833. The maximum Gasteiger partial charge on any atom is 0.227 e. The first-order valence-corrected chi connectivity index (χ1v) is 3.15. The first-order chi connectivity index (χ1) is 4.05. The van der Waals surface area contributed by atoms with E-state index in [9.17, 15) is 5.21 Å². The molecule has 1 rings (SSSR count). The minimum Gasteiger partial charge on any atom is -0.230 e. The molecule has 0 amide bonds. The van der Waals surface area contributed by atoms with Crippen LogP contribution in [-0.4, -0.2) is 35.3 Å². The Balaban J connectivity index is 2.81. The lowest BCUT2D eigenvalue weighted by Gasteiger charge is -2.23. The molecule has 3 nitrogen and oxygen atoms in total. The second kappa shape index (κ2) is 1.78. The van der Waals surface area contributed by atoms with Crippen molar-refractivity contribution in [2.45, 2.75) is 19.9 Å². The number of likely N-dealkylation sites (N-methyl/N-ethyl adjacent to an activating group) is 1. The third kappa shape index (κ3) is 0.862. The van der Waals surface area contributed by atoms with Gasteiger partial charge in [0.15, 0.2) is 0 Å². The van der Waals surface area contributed by atoms with E-state index in [0.717, 1.165) is 12.4 Å². The Morgan fingerprint density at radius 1 is 1.78 bits per heavy atom. The van der Waals surface area contributed by atoms with Crippen molar-refractivity contribution in [3.8, 4) is 0 Å². The van der Waals surface area contributed by atoms with E-state index in [1.807, 2.05) is 13.8 Å². The standard InChI is InChI=1S/C6H13N2O/c1-5-4-7-6(2)8(5,3)9/h5,9H,4H2,1-3H3/q+1/t5?,8-/m0/s1. The van der Waals surface area contributed by atoms with Gasteiger partial charge in [0.1, 0.15) is 13.1 Å². The Labute approximate surface area is 55.2 Å². The molecule has 0 aliphatic carbocycles. The number of aliphatic imine (C=N–C) groups is 1. The van der Waals surface area contributed by atoms with Gasteiger partial charge in [0.2, 0.25) is 5.84 Å². The Hall–Kier alpha value is -0.410. The Bertz CT molecular complexity index is 151. The molecule has 0 aromatic heterocycles. The summed E-state index contributed by atoms with van der Waals surface area (Å²) in [4.78, 5) is 4.11. The zero-order valence-electron chi connectivity index (χ0n) is 6.13. The fourth-order valence-corrected chi connectivity index (χ4v) is 0.885. The molecule has 1 aliphatic rings. The van der Waals surface area contributed by atoms with E-state index in [4.69, 9.17) is 0 Å². The lowest BCUT2D eigenvalue weighted by Crippen LogP contribution is -2.48. The van der Waals surface area contributed by atoms with Gasteiger partial charge in [-0.15, -0.1) is 4.65 Å². The van der Waals surface area contributed by atoms with Gasteiger partial charge in [-0.05, 0) is 6.92 Å². The first kappa shape index (κ1) is 6.71. The zero-order chi connectivity index (χ0) is 7.07. The van der Waals surface area contributed by atoms with Gasteiger partial charge in [0.25, 0.3) is 0 Å². The number of quaternary nitrogens is 1. The number of hydrogen-bond donors (Lipinski definition) is 1. The highest BCUT2D eigenvalue weighted by Gasteiger charge is 2.36. The third-order valence-electron chi connectivity index (χ3n) is 2.10. The molecule has 1 N–H and O–H groups in total. The maximum atomic E-state index is 9.54. The molecule has 3 heteroatoms. The predicted octanol–water partition coefficient (Wildman–Crippen LogP) is 0.643. The lowest BCUT2D eigenvalue weighted by molar-refractivity contribution is -1.03. The molecule has 0 bridgehead atoms.